The summed E-state index contributed by atoms with van der Waals surface area (Å²) >= 11 is 0. The summed E-state index contributed by atoms with van der Waals surface area (Å²) in [5, 5.41) is 0. The molecule has 22 heavy (non-hydrogen) atoms. The van der Waals surface area contributed by atoms with E-state index in [0.29, 0.717) is 0 Å². The van der Waals surface area contributed by atoms with E-state index in [4.69, 9.17) is 46.8 Å². The molecule has 0 aromatic carbocycles. The van der Waals surface area contributed by atoms with Crippen LogP contribution in [0.1, 0.15) is 0 Å². The van der Waals surface area contributed by atoms with E-state index in [-0.39, 0.29) is 40.8 Å². The maximum absolute atomic E-state index is 7.75. The van der Waals surface area contributed by atoms with E-state index in [0.717, 1.165) is 0 Å². The molecule has 0 spiro atoms. The maximum atomic E-state index is 7.75. The van der Waals surface area contributed by atoms with Gasteiger partial charge in [-0.2, -0.15) is 0 Å². The van der Waals surface area contributed by atoms with Gasteiger partial charge in [0.25, 0.3) is 0 Å². The number of rotatable bonds is 0. The molecule has 0 aromatic rings. The molecule has 0 amide bonds. The monoisotopic (exact) mass is 656 g/mol. The molecule has 0 aliphatic heterocycles. The Kier molecular flexibility index (Phi) is 16400. The van der Waals surface area contributed by atoms with E-state index in [1.165, 1.54) is 0 Å². The van der Waals surface area contributed by atoms with Gasteiger partial charge in [-0.3, -0.25) is 13.6 Å². The van der Waals surface area contributed by atoms with Crippen LogP contribution in [0, 0.1) is 53.2 Å². The normalized spacial score (nSPS) is 1.09. The van der Waals surface area contributed by atoms with E-state index < -0.39 is 0 Å². The van der Waals surface area contributed by atoms with Crippen molar-refractivity contribution in [2.75, 3.05) is 0 Å². The third kappa shape index (κ3) is 2870. The second kappa shape index (κ2) is 3380. The smallest absolute Gasteiger partial charge is 0 e. The predicted octanol–water partition coefficient (Wildman–Crippen LogP) is -0.853. The summed E-state index contributed by atoms with van der Waals surface area (Å²) < 4.78 is 60.0. The Hall–Kier alpha value is -1.42. The van der Waals surface area contributed by atoms with Crippen molar-refractivity contribution in [1.29, 1.82) is 0 Å². The van der Waals surface area contributed by atoms with Crippen LogP contribution < -0.4 is 0 Å². The summed E-state index contributed by atoms with van der Waals surface area (Å²) in [6.07, 6.45) is 0. The van der Waals surface area contributed by atoms with Gasteiger partial charge in [0, 0.05) is 40.8 Å². The molecular weight excluding hydrogens is 653 g/mol. The average molecular weight is 655 g/mol. The minimum absolute atomic E-state index is 0. The largest absolute Gasteiger partial charge is 0.545 e. The van der Waals surface area contributed by atoms with Crippen LogP contribution in [0.3, 0.4) is 0 Å². The van der Waals surface area contributed by atoms with Crippen LogP contribution in [-0.4, -0.2) is 13.6 Å². The molecule has 0 N–H and O–H groups in total. The molecule has 0 bridgehead atoms. The fraction of sp³-hybridized carbons (Fsp3) is 0. The van der Waals surface area contributed by atoms with Gasteiger partial charge in [-0.05, 0) is 0 Å². The molecule has 12 heteroatoms. The molecule has 0 aromatic heterocycles. The van der Waals surface area contributed by atoms with E-state index in [1.807, 2.05) is 0 Å². The summed E-state index contributed by atoms with van der Waals surface area (Å²) in [4.78, 5) is 15.5. The van der Waals surface area contributed by atoms with Crippen LogP contribution in [0.4, 0.5) is 0 Å². The molecule has 0 heterocycles. The first-order valence-electron chi connectivity index (χ1n) is 2.10. The Morgan fingerprint density at radius 2 is 0.318 bits per heavy atom. The molecule has 0 fully saturated rings. The van der Waals surface area contributed by atoms with E-state index >= 15 is 0 Å². The summed E-state index contributed by atoms with van der Waals surface area (Å²) in [6.45, 7) is 42.5. The van der Waals surface area contributed by atoms with Crippen LogP contribution in [0.5, 0.6) is 0 Å². The van der Waals surface area contributed by atoms with Crippen molar-refractivity contribution in [3.05, 3.63) is 53.2 Å². The summed E-state index contributed by atoms with van der Waals surface area (Å²) in [5.74, 6) is 0. The van der Waals surface area contributed by atoms with Crippen LogP contribution in [0.2, 0.25) is 0 Å². The van der Waals surface area contributed by atoms with Crippen LogP contribution in [0.15, 0.2) is 0 Å². The van der Waals surface area contributed by atoms with Gasteiger partial charge in [0.2, 0.25) is 0 Å². The van der Waals surface area contributed by atoms with Crippen LogP contribution in [-0.2, 0) is 87.7 Å². The molecule has 0 aliphatic rings. The average Bonchev–Trinajstić information content (AvgIpc) is 2.71. The third-order valence-corrected chi connectivity index (χ3v) is 0. The second-order valence-electron chi connectivity index (χ2n) is 0. The molecule has 0 unspecified atom stereocenters. The first-order valence-corrected chi connectivity index (χ1v) is 2.10. The number of carbonyl (C=O) groups excluding carboxylic acids is 2. The Morgan fingerprint density at radius 3 is 0.318 bits per heavy atom. The molecule has 0 saturated carbocycles. The Balaban J connectivity index is -0.00000000500. The SMILES string of the molecule is [C-]#[O+].[C-]#[O+].[C-]#[O+].[C-]#[O+].[C-]#[O+].[C-]#[O+].[C-]#[O+].[C-]#[O+].[CH-]=O.[CH-]=O.[Re].[Re]. The minimum Gasteiger partial charge on any atom is -0.545 e. The first kappa shape index (κ1) is 107. The fourth-order valence-corrected chi connectivity index (χ4v) is 0. The molecule has 2 radical (unpaired) electrons. The summed E-state index contributed by atoms with van der Waals surface area (Å²) in [6, 6.07) is 0. The van der Waals surface area contributed by atoms with Gasteiger partial charge in [0.05, 0.1) is 0 Å². The van der Waals surface area contributed by atoms with E-state index in [2.05, 4.69) is 66.8 Å². The van der Waals surface area contributed by atoms with Gasteiger partial charge in [-0.1, -0.05) is 0 Å². The number of hydrogen-bond donors (Lipinski definition) is 0. The van der Waals surface area contributed by atoms with Gasteiger partial charge in [-0.25, -0.2) is 0 Å². The molecule has 0 aliphatic carbocycles. The van der Waals surface area contributed by atoms with Gasteiger partial charge in [-0.15, -0.1) is 0 Å². The Labute approximate surface area is 154 Å². The summed E-state index contributed by atoms with van der Waals surface area (Å²) in [5.41, 5.74) is 0. The molecule has 10 nitrogen and oxygen atoms in total. The van der Waals surface area contributed by atoms with Crippen molar-refractivity contribution >= 4 is 13.6 Å². The molecule has 118 valence electrons. The maximum Gasteiger partial charge on any atom is 0 e. The van der Waals surface area contributed by atoms with E-state index in [9.17, 15) is 0 Å². The second-order valence-corrected chi connectivity index (χ2v) is 0. The van der Waals surface area contributed by atoms with Crippen LogP contribution in [0.25, 0.3) is 0 Å². The Bertz CT molecular complexity index is 162. The zero-order chi connectivity index (χ0) is 20.0. The summed E-state index contributed by atoms with van der Waals surface area (Å²) in [7, 11) is 0. The molecule has 0 atom stereocenters. The number of hydrogen-bond acceptors (Lipinski definition) is 2. The first-order chi connectivity index (χ1) is 10.0. The zero-order valence-corrected chi connectivity index (χ0v) is 15.4. The van der Waals surface area contributed by atoms with Gasteiger partial charge < -0.3 is 9.59 Å². The van der Waals surface area contributed by atoms with Crippen molar-refractivity contribution in [3.8, 4) is 0 Å². The van der Waals surface area contributed by atoms with Crippen molar-refractivity contribution in [2.24, 2.45) is 0 Å². The van der Waals surface area contributed by atoms with Gasteiger partial charge in [0.1, 0.15) is 0 Å². The predicted molar refractivity (Wildman–Crippen MR) is 44.9 cm³/mol. The van der Waals surface area contributed by atoms with Gasteiger partial charge in [0.15, 0.2) is 0 Å². The van der Waals surface area contributed by atoms with Crippen molar-refractivity contribution in [2.45, 2.75) is 0 Å². The molecule has 0 rings (SSSR count). The quantitative estimate of drug-likeness (QED) is 0.187. The van der Waals surface area contributed by atoms with Crippen molar-refractivity contribution in [1.82, 2.24) is 0 Å². The standard InChI is InChI=1S/2CHO.8CO.2Re/c10*1-2;;/h2*1H;;;;;;;;;;/q2*-1;;;;;;;;;;. The molecular formula is C10H2O10Re2-2. The van der Waals surface area contributed by atoms with Crippen molar-refractivity contribution < 1.29 is 87.7 Å². The van der Waals surface area contributed by atoms with E-state index in [1.54, 1.807) is 0 Å². The fourth-order valence-electron chi connectivity index (χ4n) is 0. The third-order valence-electron chi connectivity index (χ3n) is 0. The Morgan fingerprint density at radius 1 is 0.318 bits per heavy atom. The molecule has 0 saturated heterocycles. The minimum atomic E-state index is 0. The van der Waals surface area contributed by atoms with Crippen molar-refractivity contribution in [3.63, 3.8) is 0 Å². The topological polar surface area (TPSA) is 193 Å². The van der Waals surface area contributed by atoms with Gasteiger partial charge >= 0.3 is 90.4 Å². The van der Waals surface area contributed by atoms with Crippen LogP contribution >= 0.6 is 0 Å². The zero-order valence-electron chi connectivity index (χ0n) is 9.99.